The molecule has 0 aromatic heterocycles. The van der Waals surface area contributed by atoms with Crippen molar-refractivity contribution < 1.29 is 34.8 Å². The van der Waals surface area contributed by atoms with Crippen LogP contribution in [0.25, 0.3) is 5.57 Å². The second-order valence-electron chi connectivity index (χ2n) is 17.4. The molecule has 5 aliphatic carbocycles. The van der Waals surface area contributed by atoms with Gasteiger partial charge in [-0.1, -0.05) is 91.9 Å². The van der Waals surface area contributed by atoms with Crippen LogP contribution in [0.2, 0.25) is 0 Å². The maximum absolute atomic E-state index is 14.8. The van der Waals surface area contributed by atoms with Gasteiger partial charge in [0.15, 0.2) is 17.2 Å². The number of aliphatic hydroxyl groups excluding tert-OH is 2. The number of phenols is 1. The summed E-state index contributed by atoms with van der Waals surface area (Å²) in [5, 5.41) is 47.9. The van der Waals surface area contributed by atoms with Crippen molar-refractivity contribution in [3.8, 4) is 5.75 Å². The van der Waals surface area contributed by atoms with E-state index in [9.17, 15) is 34.8 Å². The Kier molecular flexibility index (Phi) is 9.19. The first-order valence-corrected chi connectivity index (χ1v) is 18.9. The van der Waals surface area contributed by atoms with Crippen molar-refractivity contribution in [3.05, 3.63) is 68.7 Å². The zero-order valence-corrected chi connectivity index (χ0v) is 31.2. The van der Waals surface area contributed by atoms with E-state index in [2.05, 4.69) is 32.9 Å². The number of fused-ring (bicyclic) bond motifs is 3. The van der Waals surface area contributed by atoms with E-state index in [1.54, 1.807) is 6.92 Å². The van der Waals surface area contributed by atoms with Crippen LogP contribution in [-0.2, 0) is 16.0 Å². The van der Waals surface area contributed by atoms with Gasteiger partial charge in [-0.3, -0.25) is 14.4 Å². The third kappa shape index (κ3) is 5.28. The largest absolute Gasteiger partial charge is 0.511 e. The molecule has 0 amide bonds. The van der Waals surface area contributed by atoms with E-state index in [4.69, 9.17) is 0 Å². The predicted molar refractivity (Wildman–Crippen MR) is 195 cm³/mol. The second kappa shape index (κ2) is 12.6. The van der Waals surface area contributed by atoms with Gasteiger partial charge in [-0.05, 0) is 91.9 Å². The van der Waals surface area contributed by atoms with Crippen molar-refractivity contribution >= 4 is 22.9 Å². The first-order valence-electron chi connectivity index (χ1n) is 18.9. The zero-order chi connectivity index (χ0) is 36.7. The smallest absolute Gasteiger partial charge is 0.209 e. The summed E-state index contributed by atoms with van der Waals surface area (Å²) in [4.78, 5) is 41.6. The molecule has 0 heterocycles. The van der Waals surface area contributed by atoms with Gasteiger partial charge in [-0.2, -0.15) is 0 Å². The number of phenolic OH excluding ortho intramolecular Hbond substituents is 1. The minimum Gasteiger partial charge on any atom is -0.511 e. The number of hydrogen-bond donors (Lipinski definition) is 4. The summed E-state index contributed by atoms with van der Waals surface area (Å²) in [7, 11) is 0. The van der Waals surface area contributed by atoms with E-state index in [1.807, 2.05) is 26.8 Å². The van der Waals surface area contributed by atoms with Gasteiger partial charge in [0.05, 0.1) is 5.56 Å². The number of benzene rings is 1. The molecule has 4 N–H and O–H groups in total. The molecule has 0 radical (unpaired) electrons. The minimum atomic E-state index is -2.62. The molecule has 5 aliphatic rings. The third-order valence-corrected chi connectivity index (χ3v) is 13.2. The van der Waals surface area contributed by atoms with Crippen molar-refractivity contribution in [1.82, 2.24) is 0 Å². The summed E-state index contributed by atoms with van der Waals surface area (Å²) in [6.07, 6.45) is 14.0. The summed E-state index contributed by atoms with van der Waals surface area (Å²) in [6.45, 7) is 14.7. The molecular weight excluding hydrogens is 628 g/mol. The van der Waals surface area contributed by atoms with E-state index in [0.29, 0.717) is 23.5 Å². The second-order valence-corrected chi connectivity index (χ2v) is 17.4. The fourth-order valence-electron chi connectivity index (χ4n) is 11.0. The van der Waals surface area contributed by atoms with Gasteiger partial charge in [0.25, 0.3) is 0 Å². The Bertz CT molecular complexity index is 1780. The number of ketones is 3. The Hall–Kier alpha value is -3.45. The molecule has 1 fully saturated rings. The van der Waals surface area contributed by atoms with Crippen LogP contribution < -0.4 is 0 Å². The summed E-state index contributed by atoms with van der Waals surface area (Å²) in [6, 6.07) is 2.03. The topological polar surface area (TPSA) is 132 Å². The fourth-order valence-corrected chi connectivity index (χ4v) is 11.0. The van der Waals surface area contributed by atoms with Crippen molar-refractivity contribution in [2.75, 3.05) is 0 Å². The lowest BCUT2D eigenvalue weighted by Crippen LogP contribution is -2.67. The van der Waals surface area contributed by atoms with Crippen LogP contribution in [0.15, 0.2) is 46.5 Å². The van der Waals surface area contributed by atoms with Crippen LogP contribution >= 0.6 is 0 Å². The minimum absolute atomic E-state index is 0.0206. The maximum Gasteiger partial charge on any atom is 0.209 e. The highest BCUT2D eigenvalue weighted by molar-refractivity contribution is 6.25. The quantitative estimate of drug-likeness (QED) is 0.201. The summed E-state index contributed by atoms with van der Waals surface area (Å²) in [5.74, 6) is -3.34. The molecule has 1 aromatic carbocycles. The molecule has 270 valence electrons. The van der Waals surface area contributed by atoms with E-state index in [-0.39, 0.29) is 47.3 Å². The maximum atomic E-state index is 14.8. The number of allylic oxidation sites excluding steroid dienone is 6. The van der Waals surface area contributed by atoms with Gasteiger partial charge in [0.2, 0.25) is 5.78 Å². The summed E-state index contributed by atoms with van der Waals surface area (Å²) < 4.78 is 0. The first kappa shape index (κ1) is 36.3. The van der Waals surface area contributed by atoms with E-state index >= 15 is 0 Å². The van der Waals surface area contributed by atoms with Crippen molar-refractivity contribution in [2.24, 2.45) is 34.5 Å². The van der Waals surface area contributed by atoms with Crippen LogP contribution in [-0.4, -0.2) is 43.4 Å². The molecule has 0 bridgehead atoms. The number of carbonyl (C=O) groups is 3. The molecule has 7 nitrogen and oxygen atoms in total. The van der Waals surface area contributed by atoms with Gasteiger partial charge in [0.1, 0.15) is 22.8 Å². The van der Waals surface area contributed by atoms with Crippen LogP contribution in [0.3, 0.4) is 0 Å². The molecule has 1 unspecified atom stereocenters. The van der Waals surface area contributed by atoms with Gasteiger partial charge >= 0.3 is 0 Å². The number of aliphatic hydroxyl groups is 3. The average molecular weight is 685 g/mol. The highest BCUT2D eigenvalue weighted by Gasteiger charge is 2.71. The Balaban J connectivity index is 1.41. The SMILES string of the molecule is CCCC1CCC(CC2=CC=C(c3cc(C(C)C)c4c(c3O)C(=O)C3=C(O)[C@@]5(O)C(=O)C(C(C)=O)=C(O)C(C(C)C)[C@@]5(C)C[C@@]3(C)C4)C2)CC1. The van der Waals surface area contributed by atoms with Gasteiger partial charge in [0, 0.05) is 27.9 Å². The third-order valence-electron chi connectivity index (χ3n) is 13.2. The fraction of sp³-hybridized carbons (Fsp3) is 0.605. The van der Waals surface area contributed by atoms with E-state index in [0.717, 1.165) is 30.4 Å². The number of Topliss-reactive ketones (excluding diaryl/α,β-unsaturated/α-hetero) is 3. The Labute approximate surface area is 297 Å². The summed E-state index contributed by atoms with van der Waals surface area (Å²) in [5.41, 5.74) is -1.09. The molecule has 4 atom stereocenters. The lowest BCUT2D eigenvalue weighted by Gasteiger charge is -2.59. The standard InChI is InChI=1S/C43H56O7/c1-9-10-25-11-13-26(14-12-25)17-27-15-16-28(18-27)30-19-29(22(2)3)31-20-41(7)21-42(8)34(23(4)5)37(46)32(24(6)44)39(48)43(42,50)40(49)35(41)38(47)33(31)36(30)45/h15-16,19,22-23,25-26,34,45-46,49-50H,9-14,17-18,20-21H2,1-8H3/t25?,26?,34?,41-,42-,43+/m1/s1. The summed E-state index contributed by atoms with van der Waals surface area (Å²) >= 11 is 0. The highest BCUT2D eigenvalue weighted by atomic mass is 16.3. The molecule has 0 saturated heterocycles. The van der Waals surface area contributed by atoms with Crippen LogP contribution in [0.1, 0.15) is 146 Å². The van der Waals surface area contributed by atoms with E-state index in [1.165, 1.54) is 44.1 Å². The highest BCUT2D eigenvalue weighted by Crippen LogP contribution is 2.65. The number of carbonyl (C=O) groups excluding carboxylic acids is 3. The molecular formula is C43H56O7. The lowest BCUT2D eigenvalue weighted by molar-refractivity contribution is -0.171. The van der Waals surface area contributed by atoms with Crippen molar-refractivity contribution in [3.63, 3.8) is 0 Å². The number of aromatic hydroxyl groups is 1. The van der Waals surface area contributed by atoms with Gasteiger partial charge in [-0.15, -0.1) is 0 Å². The van der Waals surface area contributed by atoms with Crippen molar-refractivity contribution in [1.29, 1.82) is 0 Å². The normalized spacial score (nSPS) is 32.7. The molecule has 1 saturated carbocycles. The first-order chi connectivity index (χ1) is 23.4. The van der Waals surface area contributed by atoms with Crippen molar-refractivity contribution in [2.45, 2.75) is 131 Å². The van der Waals surface area contributed by atoms with Crippen LogP contribution in [0.4, 0.5) is 0 Å². The van der Waals surface area contributed by atoms with Gasteiger partial charge < -0.3 is 20.4 Å². The zero-order valence-electron chi connectivity index (χ0n) is 31.2. The average Bonchev–Trinajstić information content (AvgIpc) is 3.47. The Morgan fingerprint density at radius 1 is 0.980 bits per heavy atom. The number of rotatable bonds is 8. The Morgan fingerprint density at radius 2 is 1.62 bits per heavy atom. The molecule has 50 heavy (non-hydrogen) atoms. The molecule has 0 aliphatic heterocycles. The number of hydrogen-bond acceptors (Lipinski definition) is 7. The monoisotopic (exact) mass is 684 g/mol. The van der Waals surface area contributed by atoms with E-state index < -0.39 is 51.0 Å². The van der Waals surface area contributed by atoms with Gasteiger partial charge in [-0.25, -0.2) is 0 Å². The molecule has 6 rings (SSSR count). The predicted octanol–water partition coefficient (Wildman–Crippen LogP) is 9.18. The molecule has 0 spiro atoms. The molecule has 1 aromatic rings. The molecule has 7 heteroatoms. The van der Waals surface area contributed by atoms with Crippen LogP contribution in [0.5, 0.6) is 5.75 Å². The van der Waals surface area contributed by atoms with Crippen LogP contribution in [0, 0.1) is 34.5 Å². The Morgan fingerprint density at radius 3 is 2.20 bits per heavy atom. The lowest BCUT2D eigenvalue weighted by atomic mass is 9.44.